The highest BCUT2D eigenvalue weighted by Crippen LogP contribution is 2.18. The van der Waals surface area contributed by atoms with Crippen molar-refractivity contribution in [2.75, 3.05) is 11.9 Å². The summed E-state index contributed by atoms with van der Waals surface area (Å²) in [4.78, 5) is 8.55. The normalized spacial score (nSPS) is 12.9. The lowest BCUT2D eigenvalue weighted by atomic mass is 10.2. The lowest BCUT2D eigenvalue weighted by molar-refractivity contribution is 0.176. The van der Waals surface area contributed by atoms with E-state index in [1.54, 1.807) is 12.5 Å². The van der Waals surface area contributed by atoms with Crippen molar-refractivity contribution in [3.05, 3.63) is 18.6 Å². The first kappa shape index (κ1) is 11.9. The van der Waals surface area contributed by atoms with Crippen molar-refractivity contribution in [1.82, 2.24) is 14.5 Å². The minimum atomic E-state index is -0.333. The smallest absolute Gasteiger partial charge is 0.154 e. The quantitative estimate of drug-likeness (QED) is 0.823. The number of pyridine rings is 1. The van der Waals surface area contributed by atoms with Crippen LogP contribution in [0.1, 0.15) is 19.8 Å². The van der Waals surface area contributed by atoms with Gasteiger partial charge in [0.1, 0.15) is 5.52 Å². The number of hydrogen-bond donors (Lipinski definition) is 2. The van der Waals surface area contributed by atoms with E-state index in [0.29, 0.717) is 6.54 Å². The lowest BCUT2D eigenvalue weighted by Gasteiger charge is -2.11. The summed E-state index contributed by atoms with van der Waals surface area (Å²) in [5.74, 6) is 0.734. The van der Waals surface area contributed by atoms with Gasteiger partial charge in [0.15, 0.2) is 5.82 Å². The summed E-state index contributed by atoms with van der Waals surface area (Å²) in [6.45, 7) is 2.57. The van der Waals surface area contributed by atoms with Gasteiger partial charge in [-0.05, 0) is 12.5 Å². The fourth-order valence-corrected chi connectivity index (χ4v) is 1.84. The molecule has 17 heavy (non-hydrogen) atoms. The first-order valence-electron chi connectivity index (χ1n) is 5.90. The van der Waals surface area contributed by atoms with Crippen molar-refractivity contribution in [2.24, 2.45) is 7.05 Å². The molecule has 0 bridgehead atoms. The Morgan fingerprint density at radius 1 is 1.47 bits per heavy atom. The summed E-state index contributed by atoms with van der Waals surface area (Å²) in [6.07, 6.45) is 4.95. The number of imidazole rings is 1. The maximum Gasteiger partial charge on any atom is 0.154 e. The van der Waals surface area contributed by atoms with Crippen LogP contribution in [0.4, 0.5) is 5.82 Å². The minimum absolute atomic E-state index is 0.333. The van der Waals surface area contributed by atoms with E-state index in [2.05, 4.69) is 22.2 Å². The van der Waals surface area contributed by atoms with Crippen LogP contribution in [0, 0.1) is 0 Å². The Hall–Kier alpha value is -1.62. The monoisotopic (exact) mass is 234 g/mol. The van der Waals surface area contributed by atoms with Gasteiger partial charge in [0.25, 0.3) is 0 Å². The predicted molar refractivity (Wildman–Crippen MR) is 67.9 cm³/mol. The number of aliphatic hydroxyl groups excluding tert-OH is 1. The van der Waals surface area contributed by atoms with Crippen molar-refractivity contribution in [3.63, 3.8) is 0 Å². The number of rotatable bonds is 5. The maximum atomic E-state index is 9.67. The second-order valence-corrected chi connectivity index (χ2v) is 4.21. The molecule has 0 radical (unpaired) electrons. The average Bonchev–Trinajstić information content (AvgIpc) is 2.70. The standard InChI is InChI=1S/C12H18N4O/c1-3-4-9(17)7-14-12-11-10(5-6-13-12)16(2)8-15-11/h5-6,8-9,17H,3-4,7H2,1-2H3,(H,13,14). The molecule has 0 aromatic carbocycles. The SMILES string of the molecule is CCCC(O)CNc1nccc2c1ncn2C. The third kappa shape index (κ3) is 2.55. The first-order chi connectivity index (χ1) is 8.22. The Bertz CT molecular complexity index is 494. The van der Waals surface area contributed by atoms with Crippen molar-refractivity contribution in [2.45, 2.75) is 25.9 Å². The Balaban J connectivity index is 2.13. The Morgan fingerprint density at radius 3 is 3.06 bits per heavy atom. The zero-order chi connectivity index (χ0) is 12.3. The van der Waals surface area contributed by atoms with Gasteiger partial charge in [0.05, 0.1) is 17.9 Å². The fourth-order valence-electron chi connectivity index (χ4n) is 1.84. The largest absolute Gasteiger partial charge is 0.391 e. The second kappa shape index (κ2) is 5.14. The first-order valence-corrected chi connectivity index (χ1v) is 5.90. The van der Waals surface area contributed by atoms with Gasteiger partial charge in [-0.15, -0.1) is 0 Å². The molecule has 1 atom stereocenters. The molecule has 0 fully saturated rings. The summed E-state index contributed by atoms with van der Waals surface area (Å²) in [6, 6.07) is 1.93. The van der Waals surface area contributed by atoms with Crippen LogP contribution >= 0.6 is 0 Å². The van der Waals surface area contributed by atoms with Gasteiger partial charge in [-0.3, -0.25) is 0 Å². The van der Waals surface area contributed by atoms with E-state index < -0.39 is 0 Å². The van der Waals surface area contributed by atoms with E-state index in [1.807, 2.05) is 17.7 Å². The molecule has 2 N–H and O–H groups in total. The van der Waals surface area contributed by atoms with Crippen LogP contribution in [-0.4, -0.2) is 32.3 Å². The average molecular weight is 234 g/mol. The Morgan fingerprint density at radius 2 is 2.29 bits per heavy atom. The Labute approximate surface area is 101 Å². The van der Waals surface area contributed by atoms with Crippen molar-refractivity contribution in [1.29, 1.82) is 0 Å². The molecule has 1 unspecified atom stereocenters. The van der Waals surface area contributed by atoms with Crippen LogP contribution in [0.5, 0.6) is 0 Å². The molecule has 2 rings (SSSR count). The molecule has 0 spiro atoms. The van der Waals surface area contributed by atoms with Crippen molar-refractivity contribution < 1.29 is 5.11 Å². The summed E-state index contributed by atoms with van der Waals surface area (Å²) >= 11 is 0. The van der Waals surface area contributed by atoms with Gasteiger partial charge >= 0.3 is 0 Å². The minimum Gasteiger partial charge on any atom is -0.391 e. The predicted octanol–water partition coefficient (Wildman–Crippen LogP) is 1.54. The number of aromatic nitrogens is 3. The van der Waals surface area contributed by atoms with Gasteiger partial charge in [0.2, 0.25) is 0 Å². The van der Waals surface area contributed by atoms with Gasteiger partial charge < -0.3 is 15.0 Å². The lowest BCUT2D eigenvalue weighted by Crippen LogP contribution is -2.19. The molecule has 0 aliphatic rings. The highest BCUT2D eigenvalue weighted by atomic mass is 16.3. The van der Waals surface area contributed by atoms with Crippen LogP contribution in [0.3, 0.4) is 0 Å². The van der Waals surface area contributed by atoms with Crippen LogP contribution in [0.15, 0.2) is 18.6 Å². The van der Waals surface area contributed by atoms with E-state index >= 15 is 0 Å². The number of aliphatic hydroxyl groups is 1. The second-order valence-electron chi connectivity index (χ2n) is 4.21. The van der Waals surface area contributed by atoms with Crippen LogP contribution in [0.25, 0.3) is 11.0 Å². The topological polar surface area (TPSA) is 63.0 Å². The summed E-state index contributed by atoms with van der Waals surface area (Å²) in [7, 11) is 1.95. The van der Waals surface area contributed by atoms with E-state index in [0.717, 1.165) is 29.7 Å². The van der Waals surface area contributed by atoms with Gasteiger partial charge in [0, 0.05) is 19.8 Å². The number of aryl methyl sites for hydroxylation is 1. The number of anilines is 1. The van der Waals surface area contributed by atoms with Gasteiger partial charge in [-0.1, -0.05) is 13.3 Å². The zero-order valence-corrected chi connectivity index (χ0v) is 10.2. The molecule has 5 heteroatoms. The van der Waals surface area contributed by atoms with E-state index in [1.165, 1.54) is 0 Å². The van der Waals surface area contributed by atoms with Crippen molar-refractivity contribution >= 4 is 16.9 Å². The molecule has 0 aliphatic carbocycles. The summed E-state index contributed by atoms with van der Waals surface area (Å²) < 4.78 is 1.95. The number of nitrogens with one attached hydrogen (secondary N) is 1. The highest BCUT2D eigenvalue weighted by molar-refractivity contribution is 5.85. The van der Waals surface area contributed by atoms with Gasteiger partial charge in [-0.2, -0.15) is 0 Å². The summed E-state index contributed by atoms with van der Waals surface area (Å²) in [5.41, 5.74) is 1.88. The van der Waals surface area contributed by atoms with Crippen LogP contribution in [-0.2, 0) is 7.05 Å². The highest BCUT2D eigenvalue weighted by Gasteiger charge is 2.08. The van der Waals surface area contributed by atoms with E-state index in [-0.39, 0.29) is 6.10 Å². The zero-order valence-electron chi connectivity index (χ0n) is 10.2. The third-order valence-electron chi connectivity index (χ3n) is 2.77. The fraction of sp³-hybridized carbons (Fsp3) is 0.500. The molecular formula is C12H18N4O. The molecule has 2 aromatic rings. The molecule has 5 nitrogen and oxygen atoms in total. The molecule has 92 valence electrons. The molecule has 0 aliphatic heterocycles. The molecule has 2 aromatic heterocycles. The van der Waals surface area contributed by atoms with Gasteiger partial charge in [-0.25, -0.2) is 9.97 Å². The molecule has 0 saturated heterocycles. The Kier molecular flexibility index (Phi) is 3.58. The van der Waals surface area contributed by atoms with Crippen LogP contribution in [0.2, 0.25) is 0 Å². The van der Waals surface area contributed by atoms with Crippen LogP contribution < -0.4 is 5.32 Å². The molecule has 2 heterocycles. The number of nitrogens with zero attached hydrogens (tertiary/aromatic N) is 3. The molecule has 0 amide bonds. The maximum absolute atomic E-state index is 9.67. The van der Waals surface area contributed by atoms with E-state index in [9.17, 15) is 5.11 Å². The summed E-state index contributed by atoms with van der Waals surface area (Å²) in [5, 5.41) is 12.8. The molecular weight excluding hydrogens is 216 g/mol. The molecule has 0 saturated carbocycles. The van der Waals surface area contributed by atoms with E-state index in [4.69, 9.17) is 0 Å². The number of fused-ring (bicyclic) bond motifs is 1. The third-order valence-corrected chi connectivity index (χ3v) is 2.77. The number of hydrogen-bond acceptors (Lipinski definition) is 4. The van der Waals surface area contributed by atoms with Crippen molar-refractivity contribution in [3.8, 4) is 0 Å².